The molecular formula is C67H116IK3N2O25S2-2. The number of halogens is 1. The number of carbonyl (C=O) groups is 5. The van der Waals surface area contributed by atoms with Gasteiger partial charge in [0, 0.05) is 35.1 Å². The molecule has 0 radical (unpaired) electrons. The van der Waals surface area contributed by atoms with Crippen molar-refractivity contribution in [3.8, 4) is 0 Å². The molecule has 3 rings (SSSR count). The molecule has 568 valence electrons. The molecular weight excluding hydrogens is 1540 g/mol. The number of aliphatic hydroxyl groups is 6. The van der Waals surface area contributed by atoms with E-state index in [-0.39, 0.29) is 98.2 Å². The summed E-state index contributed by atoms with van der Waals surface area (Å²) in [4.78, 5) is 60.8. The van der Waals surface area contributed by atoms with Crippen molar-refractivity contribution in [3.05, 3.63) is 33.4 Å². The number of rotatable bonds is 54. The number of carbonyl (C=O) groups excluding carboxylic acids is 5. The van der Waals surface area contributed by atoms with Crippen molar-refractivity contribution in [2.75, 3.05) is 51.0 Å². The zero-order valence-electron chi connectivity index (χ0n) is 61.1. The molecule has 1 aromatic rings. The third-order valence-electron chi connectivity index (χ3n) is 16.4. The Labute approximate surface area is 697 Å². The van der Waals surface area contributed by atoms with Crippen LogP contribution in [0.3, 0.4) is 0 Å². The molecule has 0 aromatic heterocycles. The molecule has 100 heavy (non-hydrogen) atoms. The Bertz CT molecular complexity index is 2530. The van der Waals surface area contributed by atoms with Gasteiger partial charge in [-0.1, -0.05) is 194 Å². The number of ether oxygens (including phenoxy) is 8. The van der Waals surface area contributed by atoms with E-state index in [2.05, 4.69) is 41.8 Å². The van der Waals surface area contributed by atoms with Gasteiger partial charge in [-0.3, -0.25) is 24.0 Å². The SMILES string of the molecule is CCCCCCCCCCCCCCCCCC(=O)OCC(O)COC1OC(CS(=O)(=O)[O-])C(OC(=O)CCN)C(O)C1O.CCCCCCCCCCCCCCCCCC(=O)OCC(O)COC1OC(CS(=O)(=O)[O-])C(OC(=O)CCNC(=O)c2ccc(I)cc2)C(O)C1O.[H-].[K+].[K][K]. The molecule has 0 spiro atoms. The fourth-order valence-electron chi connectivity index (χ4n) is 10.9. The first-order valence-corrected chi connectivity index (χ1v) is 56.5. The van der Waals surface area contributed by atoms with Gasteiger partial charge in [-0.15, -0.1) is 0 Å². The molecule has 12 unspecified atom stereocenters. The Kier molecular flexibility index (Phi) is 64.3. The molecule has 2 aliphatic heterocycles. The van der Waals surface area contributed by atoms with Crippen LogP contribution in [0.15, 0.2) is 24.3 Å². The molecule has 2 aliphatic rings. The molecule has 2 heterocycles. The quantitative estimate of drug-likeness (QED) is 0.0116. The average Bonchev–Trinajstić information content (AvgIpc) is 0.806. The fourth-order valence-corrected chi connectivity index (χ4v) is 12.6. The Morgan fingerprint density at radius 3 is 1.13 bits per heavy atom. The molecule has 1 amide bonds. The van der Waals surface area contributed by atoms with Gasteiger partial charge in [-0.05, 0) is 59.7 Å². The van der Waals surface area contributed by atoms with Crippen LogP contribution in [0.2, 0.25) is 0 Å². The summed E-state index contributed by atoms with van der Waals surface area (Å²) in [6.45, 7) is 2.39. The third-order valence-corrected chi connectivity index (χ3v) is 18.6. The van der Waals surface area contributed by atoms with Crippen LogP contribution >= 0.6 is 22.6 Å². The van der Waals surface area contributed by atoms with Crippen LogP contribution in [-0.4, -0.2) is 274 Å². The minimum atomic E-state index is -4.97. The van der Waals surface area contributed by atoms with Gasteiger partial charge in [0.2, 0.25) is 0 Å². The predicted molar refractivity (Wildman–Crippen MR) is 378 cm³/mol. The van der Waals surface area contributed by atoms with Crippen LogP contribution < -0.4 is 62.4 Å². The van der Waals surface area contributed by atoms with Crippen LogP contribution in [-0.2, 0) is 77.3 Å². The van der Waals surface area contributed by atoms with Crippen LogP contribution in [0.4, 0.5) is 0 Å². The first-order chi connectivity index (χ1) is 47.3. The summed E-state index contributed by atoms with van der Waals surface area (Å²) in [7, 11) is -9.86. The normalized spacial score (nSPS) is 21.2. The minimum absolute atomic E-state index is 0. The molecule has 1 aromatic carbocycles. The number of hydrogen-bond donors (Lipinski definition) is 8. The Hall–Kier alpha value is 1.59. The third kappa shape index (κ3) is 51.9. The Morgan fingerprint density at radius 2 is 0.820 bits per heavy atom. The predicted octanol–water partition coefficient (Wildman–Crippen LogP) is 3.27. The van der Waals surface area contributed by atoms with Crippen LogP contribution in [0.5, 0.6) is 0 Å². The first kappa shape index (κ1) is 102. The number of nitrogens with two attached hydrogens (primary N) is 1. The second-order valence-electron chi connectivity index (χ2n) is 25.2. The van der Waals surface area contributed by atoms with Crippen molar-refractivity contribution < 1.29 is 171 Å². The van der Waals surface area contributed by atoms with Gasteiger partial charge in [-0.25, -0.2) is 16.8 Å². The molecule has 2 saturated heterocycles. The van der Waals surface area contributed by atoms with Crippen molar-refractivity contribution in [1.29, 1.82) is 0 Å². The van der Waals surface area contributed by atoms with Gasteiger partial charge in [-0.2, -0.15) is 0 Å². The summed E-state index contributed by atoms with van der Waals surface area (Å²) in [6.07, 6.45) is 15.9. The number of esters is 4. The summed E-state index contributed by atoms with van der Waals surface area (Å²) in [5.74, 6) is -5.65. The van der Waals surface area contributed by atoms with E-state index in [1.165, 1.54) is 204 Å². The first-order valence-electron chi connectivity index (χ1n) is 36.2. The molecule has 0 aliphatic carbocycles. The Morgan fingerprint density at radius 1 is 0.510 bits per heavy atom. The number of unbranched alkanes of at least 4 members (excludes halogenated alkanes) is 28. The van der Waals surface area contributed by atoms with Crippen molar-refractivity contribution in [2.24, 2.45) is 5.73 Å². The van der Waals surface area contributed by atoms with Crippen LogP contribution in [0.1, 0.15) is 244 Å². The van der Waals surface area contributed by atoms with E-state index >= 15 is 0 Å². The van der Waals surface area contributed by atoms with Crippen LogP contribution in [0.25, 0.3) is 0 Å². The molecule has 9 N–H and O–H groups in total. The molecule has 2 fully saturated rings. The summed E-state index contributed by atoms with van der Waals surface area (Å²) < 4.78 is 111. The number of hydrogen-bond acceptors (Lipinski definition) is 26. The second-order valence-corrected chi connectivity index (χ2v) is 29.3. The number of benzene rings is 1. The number of amides is 1. The van der Waals surface area contributed by atoms with Gasteiger partial charge >= 0.3 is 138 Å². The van der Waals surface area contributed by atoms with Gasteiger partial charge in [0.05, 0.1) is 57.8 Å². The molecule has 0 saturated carbocycles. The fraction of sp³-hybridized carbons (Fsp3) is 0.836. The number of aliphatic hydroxyl groups excluding tert-OH is 6. The van der Waals surface area contributed by atoms with Crippen LogP contribution in [0, 0.1) is 3.57 Å². The zero-order chi connectivity index (χ0) is 73.9. The molecule has 27 nitrogen and oxygen atoms in total. The van der Waals surface area contributed by atoms with Gasteiger partial charge in [0.1, 0.15) is 62.0 Å². The maximum absolute atomic E-state index is 12.5. The van der Waals surface area contributed by atoms with Crippen molar-refractivity contribution in [2.45, 2.75) is 306 Å². The summed E-state index contributed by atoms with van der Waals surface area (Å²) in [6, 6.07) is 6.68. The summed E-state index contributed by atoms with van der Waals surface area (Å²) >= 11 is 4.59. The van der Waals surface area contributed by atoms with E-state index in [1.807, 2.05) is 0 Å². The molecule has 0 bridgehead atoms. The topological polar surface area (TPSA) is 433 Å². The Balaban J connectivity index is 0. The molecule has 12 atom stereocenters. The van der Waals surface area contributed by atoms with E-state index < -0.39 is 155 Å². The van der Waals surface area contributed by atoms with E-state index in [4.69, 9.17) is 43.6 Å². The van der Waals surface area contributed by atoms with E-state index in [1.54, 1.807) is 24.3 Å². The average molecular weight is 1660 g/mol. The van der Waals surface area contributed by atoms with Gasteiger partial charge < -0.3 is 90.1 Å². The standard InChI is InChI=1S/C37H60INO13S.C30H57NO12S.3K.H/c1-2-3-4-5-6-7-8-9-10-11-12-13-14-15-16-17-31(41)49-24-29(40)25-50-37-34(44)33(43)35(30(51-37)26-53(46,47)48)52-32(42)22-23-39-36(45)27-18-20-28(38)21-19-27;1-2-3-4-5-6-7-8-9-10-11-12-13-14-15-16-17-25(33)40-20-23(32)21-41-30-28(36)27(35)29(43-26(34)18-19-31)24(42-30)22-44(37,38)39;;;;/h18-21,29-30,33-35,37,40,43-44H,2-17,22-26H2,1H3,(H,39,45)(H,46,47,48);23-24,27-30,32,35-36H,2-22,31H2,1H3,(H,37,38,39);;;;/q;;;;+1;-1/p-2. The maximum atomic E-state index is 12.5. The van der Waals surface area contributed by atoms with E-state index in [0.29, 0.717) is 18.4 Å². The molecule has 33 heteroatoms. The van der Waals surface area contributed by atoms with E-state index in [9.17, 15) is 80.6 Å². The van der Waals surface area contributed by atoms with Crippen molar-refractivity contribution in [3.63, 3.8) is 0 Å². The second kappa shape index (κ2) is 63.3. The monoisotopic (exact) mass is 1660 g/mol. The van der Waals surface area contributed by atoms with Crippen molar-refractivity contribution >= 4 is 136 Å². The van der Waals surface area contributed by atoms with Crippen molar-refractivity contribution in [1.82, 2.24) is 5.32 Å². The summed E-state index contributed by atoms with van der Waals surface area (Å²) in [5, 5.41) is 65.0. The van der Waals surface area contributed by atoms with Gasteiger partial charge in [0.25, 0.3) is 5.91 Å². The number of nitrogens with one attached hydrogen (secondary N) is 1. The zero-order valence-corrected chi connectivity index (χ0v) is 73.3. The summed E-state index contributed by atoms with van der Waals surface area (Å²) in [5.41, 5.74) is 5.64. The van der Waals surface area contributed by atoms with Gasteiger partial charge in [0.15, 0.2) is 24.8 Å². The van der Waals surface area contributed by atoms with E-state index in [0.717, 1.165) is 42.1 Å².